The number of halogens is 1. The SMILES string of the molecule is Cc1oc(C)c(C(=O)NCC2CCCCC2Br)c1C. The first-order valence-corrected chi connectivity index (χ1v) is 7.91. The van der Waals surface area contributed by atoms with Gasteiger partial charge in [-0.15, -0.1) is 0 Å². The van der Waals surface area contributed by atoms with E-state index >= 15 is 0 Å². The molecule has 1 fully saturated rings. The van der Waals surface area contributed by atoms with Crippen LogP contribution < -0.4 is 5.32 Å². The molecule has 1 heterocycles. The third kappa shape index (κ3) is 3.22. The summed E-state index contributed by atoms with van der Waals surface area (Å²) in [4.78, 5) is 12.8. The minimum absolute atomic E-state index is 0.00266. The smallest absolute Gasteiger partial charge is 0.255 e. The summed E-state index contributed by atoms with van der Waals surface area (Å²) in [5.41, 5.74) is 1.66. The summed E-state index contributed by atoms with van der Waals surface area (Å²) >= 11 is 3.72. The van der Waals surface area contributed by atoms with Crippen LogP contribution in [0.25, 0.3) is 0 Å². The topological polar surface area (TPSA) is 42.2 Å². The number of carbonyl (C=O) groups is 1. The van der Waals surface area contributed by atoms with Crippen LogP contribution in [0.1, 0.15) is 53.1 Å². The average molecular weight is 328 g/mol. The lowest BCUT2D eigenvalue weighted by Gasteiger charge is -2.27. The molecule has 2 atom stereocenters. The molecular weight excluding hydrogens is 306 g/mol. The largest absolute Gasteiger partial charge is 0.466 e. The van der Waals surface area contributed by atoms with Crippen molar-refractivity contribution in [1.29, 1.82) is 0 Å². The zero-order valence-electron chi connectivity index (χ0n) is 11.9. The third-order valence-electron chi connectivity index (χ3n) is 4.13. The Morgan fingerprint density at radius 3 is 2.53 bits per heavy atom. The van der Waals surface area contributed by atoms with E-state index in [4.69, 9.17) is 4.42 Å². The zero-order chi connectivity index (χ0) is 14.0. The maximum Gasteiger partial charge on any atom is 0.255 e. The van der Waals surface area contributed by atoms with Crippen LogP contribution in [0.3, 0.4) is 0 Å². The minimum atomic E-state index is -0.00266. The molecule has 1 aliphatic carbocycles. The molecular formula is C15H22BrNO2. The maximum absolute atomic E-state index is 12.3. The third-order valence-corrected chi connectivity index (χ3v) is 5.34. The van der Waals surface area contributed by atoms with Crippen molar-refractivity contribution >= 4 is 21.8 Å². The van der Waals surface area contributed by atoms with Gasteiger partial charge >= 0.3 is 0 Å². The lowest BCUT2D eigenvalue weighted by atomic mass is 9.89. The van der Waals surface area contributed by atoms with Gasteiger partial charge in [0.15, 0.2) is 0 Å². The molecule has 3 nitrogen and oxygen atoms in total. The van der Waals surface area contributed by atoms with Gasteiger partial charge in [-0.25, -0.2) is 0 Å². The molecule has 1 aromatic heterocycles. The highest BCUT2D eigenvalue weighted by Crippen LogP contribution is 2.29. The summed E-state index contributed by atoms with van der Waals surface area (Å²) < 4.78 is 5.51. The Labute approximate surface area is 123 Å². The Kier molecular flexibility index (Phi) is 4.71. The lowest BCUT2D eigenvalue weighted by molar-refractivity contribution is 0.0942. The van der Waals surface area contributed by atoms with Crippen molar-refractivity contribution in [2.45, 2.75) is 51.3 Å². The molecule has 4 heteroatoms. The van der Waals surface area contributed by atoms with Crippen molar-refractivity contribution in [2.24, 2.45) is 5.92 Å². The van der Waals surface area contributed by atoms with Crippen LogP contribution in [-0.4, -0.2) is 17.3 Å². The highest BCUT2D eigenvalue weighted by Gasteiger charge is 2.24. The molecule has 1 N–H and O–H groups in total. The Hall–Kier alpha value is -0.770. The molecule has 0 aromatic carbocycles. The van der Waals surface area contributed by atoms with E-state index in [9.17, 15) is 4.79 Å². The van der Waals surface area contributed by atoms with Crippen molar-refractivity contribution in [3.8, 4) is 0 Å². The molecule has 1 aromatic rings. The van der Waals surface area contributed by atoms with Gasteiger partial charge < -0.3 is 9.73 Å². The number of amides is 1. The summed E-state index contributed by atoms with van der Waals surface area (Å²) in [7, 11) is 0. The number of alkyl halides is 1. The standard InChI is InChI=1S/C15H22BrNO2/c1-9-10(2)19-11(3)14(9)15(18)17-8-12-6-4-5-7-13(12)16/h12-13H,4-8H2,1-3H3,(H,17,18). The van der Waals surface area contributed by atoms with E-state index in [0.717, 1.165) is 17.9 Å². The van der Waals surface area contributed by atoms with Crippen molar-refractivity contribution in [2.75, 3.05) is 6.54 Å². The van der Waals surface area contributed by atoms with Crippen molar-refractivity contribution in [3.63, 3.8) is 0 Å². The van der Waals surface area contributed by atoms with Gasteiger partial charge in [0.2, 0.25) is 0 Å². The summed E-state index contributed by atoms with van der Waals surface area (Å²) in [6.45, 7) is 6.43. The van der Waals surface area contributed by atoms with Gasteiger partial charge in [0.25, 0.3) is 5.91 Å². The normalized spacial score (nSPS) is 23.4. The summed E-state index contributed by atoms with van der Waals surface area (Å²) in [6.07, 6.45) is 4.97. The molecule has 0 bridgehead atoms. The van der Waals surface area contributed by atoms with Crippen LogP contribution in [-0.2, 0) is 0 Å². The van der Waals surface area contributed by atoms with Gasteiger partial charge in [-0.05, 0) is 39.5 Å². The molecule has 1 amide bonds. The summed E-state index contributed by atoms with van der Waals surface area (Å²) in [5, 5.41) is 3.07. The summed E-state index contributed by atoms with van der Waals surface area (Å²) in [5.74, 6) is 2.09. The van der Waals surface area contributed by atoms with Gasteiger partial charge in [0.05, 0.1) is 5.56 Å². The fourth-order valence-corrected chi connectivity index (χ4v) is 3.61. The van der Waals surface area contributed by atoms with E-state index in [1.807, 2.05) is 20.8 Å². The molecule has 1 aliphatic rings. The molecule has 1 saturated carbocycles. The molecule has 19 heavy (non-hydrogen) atoms. The van der Waals surface area contributed by atoms with Crippen LogP contribution >= 0.6 is 15.9 Å². The Bertz CT molecular complexity index is 467. The number of hydrogen-bond acceptors (Lipinski definition) is 2. The quantitative estimate of drug-likeness (QED) is 0.856. The van der Waals surface area contributed by atoms with Gasteiger partial charge in [-0.1, -0.05) is 28.8 Å². The molecule has 0 aliphatic heterocycles. The van der Waals surface area contributed by atoms with E-state index in [2.05, 4.69) is 21.2 Å². The van der Waals surface area contributed by atoms with E-state index in [1.165, 1.54) is 25.7 Å². The fourth-order valence-electron chi connectivity index (χ4n) is 2.83. The monoisotopic (exact) mass is 327 g/mol. The average Bonchev–Trinajstić information content (AvgIpc) is 2.62. The number of rotatable bonds is 3. The molecule has 0 saturated heterocycles. The van der Waals surface area contributed by atoms with Gasteiger partial charge in [-0.2, -0.15) is 0 Å². The number of furan rings is 1. The molecule has 106 valence electrons. The maximum atomic E-state index is 12.3. The number of aryl methyl sites for hydroxylation is 2. The van der Waals surface area contributed by atoms with Crippen LogP contribution in [0.4, 0.5) is 0 Å². The Morgan fingerprint density at radius 1 is 1.26 bits per heavy atom. The molecule has 0 radical (unpaired) electrons. The van der Waals surface area contributed by atoms with Crippen LogP contribution in [0.2, 0.25) is 0 Å². The number of carbonyl (C=O) groups excluding carboxylic acids is 1. The van der Waals surface area contributed by atoms with Crippen LogP contribution in [0.5, 0.6) is 0 Å². The van der Waals surface area contributed by atoms with Crippen molar-refractivity contribution < 1.29 is 9.21 Å². The first-order valence-electron chi connectivity index (χ1n) is 6.99. The molecule has 0 spiro atoms. The predicted molar refractivity (Wildman–Crippen MR) is 79.9 cm³/mol. The van der Waals surface area contributed by atoms with E-state index in [0.29, 0.717) is 22.1 Å². The first-order chi connectivity index (χ1) is 9.00. The van der Waals surface area contributed by atoms with Gasteiger partial charge in [-0.3, -0.25) is 4.79 Å². The second kappa shape index (κ2) is 6.12. The Morgan fingerprint density at radius 2 is 1.95 bits per heavy atom. The number of hydrogen-bond donors (Lipinski definition) is 1. The number of nitrogens with one attached hydrogen (secondary N) is 1. The fraction of sp³-hybridized carbons (Fsp3) is 0.667. The molecule has 2 rings (SSSR count). The van der Waals surface area contributed by atoms with Crippen LogP contribution in [0, 0.1) is 26.7 Å². The first kappa shape index (κ1) is 14.6. The van der Waals surface area contributed by atoms with Crippen LogP contribution in [0.15, 0.2) is 4.42 Å². The van der Waals surface area contributed by atoms with Crippen molar-refractivity contribution in [3.05, 3.63) is 22.6 Å². The lowest BCUT2D eigenvalue weighted by Crippen LogP contribution is -2.34. The van der Waals surface area contributed by atoms with E-state index in [-0.39, 0.29) is 5.91 Å². The van der Waals surface area contributed by atoms with E-state index in [1.54, 1.807) is 0 Å². The molecule has 2 unspecified atom stereocenters. The predicted octanol–water partition coefficient (Wildman–Crippen LogP) is 3.89. The Balaban J connectivity index is 1.97. The second-order valence-electron chi connectivity index (χ2n) is 5.48. The van der Waals surface area contributed by atoms with E-state index < -0.39 is 0 Å². The summed E-state index contributed by atoms with van der Waals surface area (Å²) in [6, 6.07) is 0. The van der Waals surface area contributed by atoms with Gasteiger partial charge in [0.1, 0.15) is 11.5 Å². The zero-order valence-corrected chi connectivity index (χ0v) is 13.5. The second-order valence-corrected chi connectivity index (χ2v) is 6.66. The highest BCUT2D eigenvalue weighted by molar-refractivity contribution is 9.09. The highest BCUT2D eigenvalue weighted by atomic mass is 79.9. The van der Waals surface area contributed by atoms with Gasteiger partial charge in [0, 0.05) is 16.9 Å². The minimum Gasteiger partial charge on any atom is -0.466 e. The van der Waals surface area contributed by atoms with Crippen molar-refractivity contribution in [1.82, 2.24) is 5.32 Å².